The van der Waals surface area contributed by atoms with E-state index >= 15 is 0 Å². The molecule has 0 saturated carbocycles. The van der Waals surface area contributed by atoms with E-state index in [0.717, 1.165) is 24.0 Å². The summed E-state index contributed by atoms with van der Waals surface area (Å²) in [6, 6.07) is 15.7. The second-order valence-electron chi connectivity index (χ2n) is 8.07. The van der Waals surface area contributed by atoms with Gasteiger partial charge in [-0.25, -0.2) is 4.79 Å². The predicted octanol–water partition coefficient (Wildman–Crippen LogP) is 5.27. The van der Waals surface area contributed by atoms with Crippen LogP contribution in [0.5, 0.6) is 5.75 Å². The van der Waals surface area contributed by atoms with E-state index < -0.39 is 6.09 Å². The molecule has 0 bridgehead atoms. The normalized spacial score (nSPS) is 11.1. The van der Waals surface area contributed by atoms with Crippen LogP contribution in [0.3, 0.4) is 0 Å². The number of hydrogen-bond donors (Lipinski definition) is 2. The number of fused-ring (bicyclic) bond motifs is 1. The standard InChI is InChI=1S/C25H30N2O4/c1-4-5-13-31-23-21-14-19(18-9-7-6-8-10-18)11-12-20(21)24(28)27(16-17(2)3)22(23)15-26-25(29)30/h6-12,14,17,26H,4-5,13,15-16H2,1-3H3,(H,29,30). The van der Waals surface area contributed by atoms with Crippen molar-refractivity contribution in [1.82, 2.24) is 9.88 Å². The molecule has 0 fully saturated rings. The summed E-state index contributed by atoms with van der Waals surface area (Å²) in [5.41, 5.74) is 2.45. The Hall–Kier alpha value is -3.28. The number of nitrogens with zero attached hydrogens (tertiary/aromatic N) is 1. The van der Waals surface area contributed by atoms with Gasteiger partial charge in [0.25, 0.3) is 5.56 Å². The Balaban J connectivity index is 2.27. The highest BCUT2D eigenvalue weighted by Crippen LogP contribution is 2.32. The molecule has 0 aliphatic carbocycles. The van der Waals surface area contributed by atoms with Crippen LogP contribution in [0.15, 0.2) is 53.3 Å². The molecule has 0 unspecified atom stereocenters. The monoisotopic (exact) mass is 422 g/mol. The maximum Gasteiger partial charge on any atom is 0.404 e. The topological polar surface area (TPSA) is 80.6 Å². The van der Waals surface area contributed by atoms with Gasteiger partial charge in [-0.15, -0.1) is 0 Å². The highest BCUT2D eigenvalue weighted by atomic mass is 16.5. The lowest BCUT2D eigenvalue weighted by Crippen LogP contribution is -2.31. The molecule has 2 aromatic carbocycles. The number of carbonyl (C=O) groups is 1. The molecule has 31 heavy (non-hydrogen) atoms. The molecule has 1 amide bonds. The minimum Gasteiger partial charge on any atom is -0.491 e. The molecule has 3 aromatic rings. The van der Waals surface area contributed by atoms with Crippen molar-refractivity contribution in [2.75, 3.05) is 6.61 Å². The maximum absolute atomic E-state index is 13.4. The van der Waals surface area contributed by atoms with Gasteiger partial charge in [-0.2, -0.15) is 0 Å². The number of ether oxygens (including phenoxy) is 1. The third-order valence-electron chi connectivity index (χ3n) is 5.13. The lowest BCUT2D eigenvalue weighted by molar-refractivity contribution is 0.193. The Kier molecular flexibility index (Phi) is 7.34. The van der Waals surface area contributed by atoms with Crippen molar-refractivity contribution in [3.05, 3.63) is 64.6 Å². The fraction of sp³-hybridized carbons (Fsp3) is 0.360. The Morgan fingerprint density at radius 1 is 1.10 bits per heavy atom. The molecule has 3 rings (SSSR count). The average molecular weight is 423 g/mol. The molecule has 2 N–H and O–H groups in total. The van der Waals surface area contributed by atoms with Crippen LogP contribution in [0.4, 0.5) is 4.79 Å². The molecule has 0 aliphatic heterocycles. The van der Waals surface area contributed by atoms with Crippen LogP contribution in [0.25, 0.3) is 21.9 Å². The van der Waals surface area contributed by atoms with E-state index in [4.69, 9.17) is 4.74 Å². The molecule has 6 nitrogen and oxygen atoms in total. The molecule has 1 aromatic heterocycles. The highest BCUT2D eigenvalue weighted by Gasteiger charge is 2.20. The smallest absolute Gasteiger partial charge is 0.404 e. The maximum atomic E-state index is 13.4. The van der Waals surface area contributed by atoms with Crippen LogP contribution in [0.1, 0.15) is 39.3 Å². The molecule has 6 heteroatoms. The number of hydrogen-bond acceptors (Lipinski definition) is 3. The first kappa shape index (κ1) is 22.4. The zero-order valence-corrected chi connectivity index (χ0v) is 18.4. The second kappa shape index (κ2) is 10.2. The Morgan fingerprint density at radius 3 is 2.48 bits per heavy atom. The highest BCUT2D eigenvalue weighted by molar-refractivity contribution is 5.92. The van der Waals surface area contributed by atoms with Gasteiger partial charge in [0.15, 0.2) is 0 Å². The molecule has 0 saturated heterocycles. The van der Waals surface area contributed by atoms with Gasteiger partial charge in [-0.05, 0) is 35.6 Å². The SMILES string of the molecule is CCCCOc1c(CNC(=O)O)n(CC(C)C)c(=O)c2ccc(-c3ccccc3)cc12. The number of amides is 1. The Bertz CT molecular complexity index is 1100. The third-order valence-corrected chi connectivity index (χ3v) is 5.13. The predicted molar refractivity (Wildman–Crippen MR) is 124 cm³/mol. The molecule has 0 atom stereocenters. The van der Waals surface area contributed by atoms with E-state index in [0.29, 0.717) is 35.4 Å². The van der Waals surface area contributed by atoms with Gasteiger partial charge in [0, 0.05) is 11.9 Å². The fourth-order valence-corrected chi connectivity index (χ4v) is 3.65. The quantitative estimate of drug-likeness (QED) is 0.460. The second-order valence-corrected chi connectivity index (χ2v) is 8.07. The van der Waals surface area contributed by atoms with E-state index in [1.165, 1.54) is 0 Å². The van der Waals surface area contributed by atoms with Crippen molar-refractivity contribution in [3.8, 4) is 16.9 Å². The average Bonchev–Trinajstić information content (AvgIpc) is 2.76. The summed E-state index contributed by atoms with van der Waals surface area (Å²) in [7, 11) is 0. The van der Waals surface area contributed by atoms with E-state index in [-0.39, 0.29) is 18.0 Å². The summed E-state index contributed by atoms with van der Waals surface area (Å²) in [6.45, 7) is 7.13. The van der Waals surface area contributed by atoms with Crippen molar-refractivity contribution in [1.29, 1.82) is 0 Å². The first-order valence-corrected chi connectivity index (χ1v) is 10.8. The van der Waals surface area contributed by atoms with Crippen molar-refractivity contribution < 1.29 is 14.6 Å². The van der Waals surface area contributed by atoms with E-state index in [9.17, 15) is 14.7 Å². The summed E-state index contributed by atoms with van der Waals surface area (Å²) < 4.78 is 7.86. The molecular weight excluding hydrogens is 392 g/mol. The van der Waals surface area contributed by atoms with E-state index in [1.54, 1.807) is 4.57 Å². The summed E-state index contributed by atoms with van der Waals surface area (Å²) in [4.78, 5) is 24.6. The number of rotatable bonds is 9. The van der Waals surface area contributed by atoms with Gasteiger partial charge in [-0.1, -0.05) is 63.6 Å². The molecular formula is C25H30N2O4. The molecule has 164 valence electrons. The fourth-order valence-electron chi connectivity index (χ4n) is 3.65. The number of unbranched alkanes of at least 4 members (excludes halogenated alkanes) is 1. The number of carboxylic acid groups (broad SMARTS) is 1. The third kappa shape index (κ3) is 5.26. The van der Waals surface area contributed by atoms with Crippen molar-refractivity contribution in [2.24, 2.45) is 5.92 Å². The number of aromatic nitrogens is 1. The van der Waals surface area contributed by atoms with Crippen LogP contribution in [0, 0.1) is 5.92 Å². The first-order chi connectivity index (χ1) is 14.9. The van der Waals surface area contributed by atoms with Gasteiger partial charge in [0.05, 0.1) is 24.2 Å². The molecule has 0 radical (unpaired) electrons. The van der Waals surface area contributed by atoms with Crippen molar-refractivity contribution >= 4 is 16.9 Å². The van der Waals surface area contributed by atoms with Crippen LogP contribution in [0.2, 0.25) is 0 Å². The number of benzene rings is 2. The minimum atomic E-state index is -1.14. The van der Waals surface area contributed by atoms with E-state index in [1.807, 2.05) is 62.4 Å². The van der Waals surface area contributed by atoms with Gasteiger partial charge in [0.1, 0.15) is 5.75 Å². The Labute approximate surface area is 182 Å². The molecule has 0 aliphatic rings. The first-order valence-electron chi connectivity index (χ1n) is 10.8. The number of pyridine rings is 1. The molecule has 0 spiro atoms. The summed E-state index contributed by atoms with van der Waals surface area (Å²) in [6.07, 6.45) is 0.706. The van der Waals surface area contributed by atoms with Gasteiger partial charge in [0.2, 0.25) is 0 Å². The van der Waals surface area contributed by atoms with Gasteiger partial charge >= 0.3 is 6.09 Å². The number of nitrogens with one attached hydrogen (secondary N) is 1. The van der Waals surface area contributed by atoms with Gasteiger partial charge in [-0.3, -0.25) is 4.79 Å². The lowest BCUT2D eigenvalue weighted by atomic mass is 10.0. The van der Waals surface area contributed by atoms with E-state index in [2.05, 4.69) is 12.2 Å². The van der Waals surface area contributed by atoms with Crippen molar-refractivity contribution in [2.45, 2.75) is 46.7 Å². The van der Waals surface area contributed by atoms with Crippen LogP contribution in [-0.2, 0) is 13.1 Å². The largest absolute Gasteiger partial charge is 0.491 e. The zero-order valence-electron chi connectivity index (χ0n) is 18.4. The van der Waals surface area contributed by atoms with Crippen LogP contribution < -0.4 is 15.6 Å². The van der Waals surface area contributed by atoms with Gasteiger partial charge < -0.3 is 19.7 Å². The summed E-state index contributed by atoms with van der Waals surface area (Å²) in [5, 5.41) is 12.9. The molecule has 1 heterocycles. The zero-order chi connectivity index (χ0) is 22.4. The summed E-state index contributed by atoms with van der Waals surface area (Å²) in [5.74, 6) is 0.793. The minimum absolute atomic E-state index is 0.00422. The van der Waals surface area contributed by atoms with Crippen LogP contribution >= 0.6 is 0 Å². The Morgan fingerprint density at radius 2 is 1.84 bits per heavy atom. The van der Waals surface area contributed by atoms with Crippen LogP contribution in [-0.4, -0.2) is 22.4 Å². The van der Waals surface area contributed by atoms with Crippen molar-refractivity contribution in [3.63, 3.8) is 0 Å². The lowest BCUT2D eigenvalue weighted by Gasteiger charge is -2.21. The summed E-state index contributed by atoms with van der Waals surface area (Å²) >= 11 is 0.